The predicted octanol–water partition coefficient (Wildman–Crippen LogP) is 3.34. The zero-order valence-electron chi connectivity index (χ0n) is 15.6. The quantitative estimate of drug-likeness (QED) is 0.699. The molecule has 0 saturated carbocycles. The number of anilines is 1. The van der Waals surface area contributed by atoms with Gasteiger partial charge in [-0.1, -0.05) is 31.5 Å². The second-order valence-electron chi connectivity index (χ2n) is 6.78. The topological polar surface area (TPSA) is 108 Å². The molecule has 0 unspecified atom stereocenters. The third-order valence-corrected chi connectivity index (χ3v) is 5.27. The van der Waals surface area contributed by atoms with E-state index >= 15 is 0 Å². The minimum atomic E-state index is -3.90. The van der Waals surface area contributed by atoms with Crippen LogP contribution in [0.15, 0.2) is 56.6 Å². The summed E-state index contributed by atoms with van der Waals surface area (Å²) in [6, 6.07) is 10.7. The molecule has 148 valence electrons. The van der Waals surface area contributed by atoms with Gasteiger partial charge in [0.2, 0.25) is 0 Å². The Morgan fingerprint density at radius 2 is 1.86 bits per heavy atom. The molecule has 0 bridgehead atoms. The lowest BCUT2D eigenvalue weighted by atomic mass is 10.2. The molecule has 0 amide bonds. The molecule has 0 aliphatic carbocycles. The van der Waals surface area contributed by atoms with E-state index in [1.54, 1.807) is 24.3 Å². The van der Waals surface area contributed by atoms with Crippen molar-refractivity contribution < 1.29 is 22.4 Å². The van der Waals surface area contributed by atoms with Crippen LogP contribution < -0.4 is 10.5 Å². The zero-order chi connectivity index (χ0) is 20.5. The lowest BCUT2D eigenvalue weighted by Gasteiger charge is -2.09. The normalized spacial score (nSPS) is 11.7. The van der Waals surface area contributed by atoms with Crippen LogP contribution in [0.25, 0.3) is 11.1 Å². The highest BCUT2D eigenvalue weighted by Crippen LogP contribution is 2.21. The number of nitrogens with zero attached hydrogens (tertiary/aromatic N) is 1. The number of ether oxygens (including phenoxy) is 1. The average Bonchev–Trinajstić information content (AvgIpc) is 2.96. The highest BCUT2D eigenvalue weighted by molar-refractivity contribution is 7.92. The van der Waals surface area contributed by atoms with E-state index in [1.807, 2.05) is 20.8 Å². The van der Waals surface area contributed by atoms with Crippen molar-refractivity contribution >= 4 is 32.9 Å². The van der Waals surface area contributed by atoms with E-state index in [0.29, 0.717) is 5.69 Å². The number of sulfonamides is 1. The van der Waals surface area contributed by atoms with Gasteiger partial charge in [-0.25, -0.2) is 18.0 Å². The van der Waals surface area contributed by atoms with Gasteiger partial charge in [-0.3, -0.25) is 4.72 Å². The Morgan fingerprint density at radius 1 is 1.18 bits per heavy atom. The van der Waals surface area contributed by atoms with E-state index in [-0.39, 0.29) is 28.5 Å². The number of oxazole rings is 1. The first-order chi connectivity index (χ1) is 13.2. The summed E-state index contributed by atoms with van der Waals surface area (Å²) in [6.07, 6.45) is -0.870. The van der Waals surface area contributed by atoms with E-state index in [9.17, 15) is 18.0 Å². The van der Waals surface area contributed by atoms with Crippen LogP contribution in [0.3, 0.4) is 0 Å². The Morgan fingerprint density at radius 3 is 2.50 bits per heavy atom. The number of hydrogen-bond acceptors (Lipinski definition) is 6. The molecule has 1 heterocycles. The van der Waals surface area contributed by atoms with Crippen molar-refractivity contribution in [3.05, 3.63) is 58.6 Å². The first kappa shape index (κ1) is 19.7. The summed E-state index contributed by atoms with van der Waals surface area (Å²) in [5.74, 6) is -0.841. The fourth-order valence-electron chi connectivity index (χ4n) is 2.48. The van der Waals surface area contributed by atoms with Crippen molar-refractivity contribution in [2.24, 2.45) is 5.92 Å². The third-order valence-electron chi connectivity index (χ3n) is 3.89. The Labute approximate surface area is 161 Å². The predicted molar refractivity (Wildman–Crippen MR) is 104 cm³/mol. The average molecular weight is 404 g/mol. The van der Waals surface area contributed by atoms with Crippen molar-refractivity contribution in [3.8, 4) is 0 Å². The molecule has 1 aromatic heterocycles. The summed E-state index contributed by atoms with van der Waals surface area (Å²) in [4.78, 5) is 24.1. The van der Waals surface area contributed by atoms with Gasteiger partial charge in [0.05, 0.1) is 11.5 Å². The summed E-state index contributed by atoms with van der Waals surface area (Å²) in [7, 11) is -3.90. The molecular weight excluding hydrogens is 384 g/mol. The SMILES string of the molecule is Cc1ccc(NS(=O)(=O)c2ccc3c(c2)oc(=O)n3C(=O)OCC(C)C)cc1. The summed E-state index contributed by atoms with van der Waals surface area (Å²) < 4.78 is 38.5. The molecule has 9 heteroatoms. The second kappa shape index (κ2) is 7.51. The number of benzene rings is 2. The summed E-state index contributed by atoms with van der Waals surface area (Å²) in [6.45, 7) is 5.76. The van der Waals surface area contributed by atoms with E-state index in [4.69, 9.17) is 9.15 Å². The third kappa shape index (κ3) is 4.09. The van der Waals surface area contributed by atoms with Gasteiger partial charge < -0.3 is 9.15 Å². The van der Waals surface area contributed by atoms with Crippen LogP contribution in [-0.4, -0.2) is 25.7 Å². The molecule has 0 saturated heterocycles. The molecule has 0 atom stereocenters. The smallest absolute Gasteiger partial charge is 0.429 e. The van der Waals surface area contributed by atoms with Gasteiger partial charge in [0, 0.05) is 11.8 Å². The summed E-state index contributed by atoms with van der Waals surface area (Å²) in [5.41, 5.74) is 1.50. The zero-order valence-corrected chi connectivity index (χ0v) is 16.4. The molecule has 0 spiro atoms. The summed E-state index contributed by atoms with van der Waals surface area (Å²) >= 11 is 0. The number of carbonyl (C=O) groups excluding carboxylic acids is 1. The number of fused-ring (bicyclic) bond motifs is 1. The van der Waals surface area contributed by atoms with Crippen molar-refractivity contribution in [3.63, 3.8) is 0 Å². The maximum atomic E-state index is 12.6. The molecule has 3 aromatic rings. The van der Waals surface area contributed by atoms with Gasteiger partial charge in [-0.2, -0.15) is 4.57 Å². The van der Waals surface area contributed by atoms with Gasteiger partial charge in [0.25, 0.3) is 10.0 Å². The molecule has 3 rings (SSSR count). The van der Waals surface area contributed by atoms with Crippen LogP contribution in [0, 0.1) is 12.8 Å². The van der Waals surface area contributed by atoms with Crippen LogP contribution in [0.4, 0.5) is 10.5 Å². The van der Waals surface area contributed by atoms with E-state index in [0.717, 1.165) is 10.1 Å². The maximum absolute atomic E-state index is 12.6. The van der Waals surface area contributed by atoms with E-state index in [1.165, 1.54) is 18.2 Å². The van der Waals surface area contributed by atoms with Crippen LogP contribution >= 0.6 is 0 Å². The Balaban J connectivity index is 1.93. The lowest BCUT2D eigenvalue weighted by molar-refractivity contribution is 0.133. The monoisotopic (exact) mass is 404 g/mol. The second-order valence-corrected chi connectivity index (χ2v) is 8.46. The minimum absolute atomic E-state index is 0.0294. The van der Waals surface area contributed by atoms with Crippen molar-refractivity contribution in [1.82, 2.24) is 4.57 Å². The van der Waals surface area contributed by atoms with Crippen LogP contribution in [0.5, 0.6) is 0 Å². The maximum Gasteiger partial charge on any atom is 0.429 e. The Hall–Kier alpha value is -3.07. The number of aryl methyl sites for hydroxylation is 1. The highest BCUT2D eigenvalue weighted by Gasteiger charge is 2.21. The minimum Gasteiger partial charge on any atom is -0.448 e. The van der Waals surface area contributed by atoms with E-state index < -0.39 is 21.9 Å². The van der Waals surface area contributed by atoms with Crippen LogP contribution in [0.1, 0.15) is 19.4 Å². The molecule has 0 radical (unpaired) electrons. The van der Waals surface area contributed by atoms with Gasteiger partial charge in [-0.05, 0) is 37.1 Å². The van der Waals surface area contributed by atoms with Gasteiger partial charge in [0.1, 0.15) is 5.52 Å². The first-order valence-electron chi connectivity index (χ1n) is 8.59. The van der Waals surface area contributed by atoms with Crippen LogP contribution in [-0.2, 0) is 14.8 Å². The first-order valence-corrected chi connectivity index (χ1v) is 10.1. The molecule has 0 aliphatic heterocycles. The number of carbonyl (C=O) groups is 1. The van der Waals surface area contributed by atoms with Crippen molar-refractivity contribution in [2.75, 3.05) is 11.3 Å². The number of aromatic nitrogens is 1. The molecular formula is C19H20N2O6S. The van der Waals surface area contributed by atoms with E-state index in [2.05, 4.69) is 4.72 Å². The molecule has 1 N–H and O–H groups in total. The lowest BCUT2D eigenvalue weighted by Crippen LogP contribution is -2.25. The van der Waals surface area contributed by atoms with Gasteiger partial charge in [-0.15, -0.1) is 0 Å². The van der Waals surface area contributed by atoms with Crippen molar-refractivity contribution in [2.45, 2.75) is 25.7 Å². The number of nitrogens with one attached hydrogen (secondary N) is 1. The van der Waals surface area contributed by atoms with Crippen molar-refractivity contribution in [1.29, 1.82) is 0 Å². The summed E-state index contributed by atoms with van der Waals surface area (Å²) in [5, 5.41) is 0. The van der Waals surface area contributed by atoms with Gasteiger partial charge >= 0.3 is 11.8 Å². The molecule has 8 nitrogen and oxygen atoms in total. The van der Waals surface area contributed by atoms with Crippen LogP contribution in [0.2, 0.25) is 0 Å². The van der Waals surface area contributed by atoms with Gasteiger partial charge in [0.15, 0.2) is 5.58 Å². The Bertz CT molecular complexity index is 1170. The number of rotatable bonds is 5. The fraction of sp³-hybridized carbons (Fsp3) is 0.263. The highest BCUT2D eigenvalue weighted by atomic mass is 32.2. The largest absolute Gasteiger partial charge is 0.448 e. The molecule has 2 aromatic carbocycles. The number of hydrogen-bond donors (Lipinski definition) is 1. The fourth-order valence-corrected chi connectivity index (χ4v) is 3.55. The molecule has 0 aliphatic rings. The molecule has 0 fully saturated rings. The Kier molecular flexibility index (Phi) is 5.28. The standard InChI is InChI=1S/C19H20N2O6S/c1-12(2)11-26-18(22)21-16-9-8-15(10-17(16)27-19(21)23)28(24,25)20-14-6-4-13(3)5-7-14/h4-10,12,20H,11H2,1-3H3. The molecule has 28 heavy (non-hydrogen) atoms.